The van der Waals surface area contributed by atoms with Crippen molar-refractivity contribution in [1.29, 1.82) is 0 Å². The Morgan fingerprint density at radius 2 is 1.86 bits per heavy atom. The molecule has 2 aliphatic rings. The number of carbonyl (C=O) groups excluding carboxylic acids is 1. The van der Waals surface area contributed by atoms with Crippen molar-refractivity contribution in [2.24, 2.45) is 0 Å². The predicted molar refractivity (Wildman–Crippen MR) is 75.3 cm³/mol. The quantitative estimate of drug-likeness (QED) is 0.621. The molecule has 2 heterocycles. The molecule has 6 heteroatoms. The van der Waals surface area contributed by atoms with Gasteiger partial charge >= 0.3 is 0 Å². The third kappa shape index (κ3) is 1.77. The molecule has 0 aromatic heterocycles. The number of benzene rings is 2. The fraction of sp³-hybridized carbons (Fsp3) is 0.0625. The zero-order valence-corrected chi connectivity index (χ0v) is 11.2. The van der Waals surface area contributed by atoms with E-state index in [1.165, 1.54) is 12.1 Å². The summed E-state index contributed by atoms with van der Waals surface area (Å²) >= 11 is 0. The third-order valence-electron chi connectivity index (χ3n) is 3.49. The van der Waals surface area contributed by atoms with Crippen LogP contribution in [0.1, 0.15) is 15.9 Å². The third-order valence-corrected chi connectivity index (χ3v) is 3.49. The van der Waals surface area contributed by atoms with E-state index >= 15 is 0 Å². The fourth-order valence-electron chi connectivity index (χ4n) is 2.38. The van der Waals surface area contributed by atoms with E-state index in [0.717, 1.165) is 0 Å². The van der Waals surface area contributed by atoms with Crippen molar-refractivity contribution in [2.45, 2.75) is 0 Å². The predicted octanol–water partition coefficient (Wildman–Crippen LogP) is 2.44. The maximum atomic E-state index is 12.3. The van der Waals surface area contributed by atoms with E-state index in [1.54, 1.807) is 24.3 Å². The second-order valence-corrected chi connectivity index (χ2v) is 4.86. The van der Waals surface area contributed by atoms with Crippen molar-refractivity contribution < 1.29 is 29.2 Å². The summed E-state index contributed by atoms with van der Waals surface area (Å²) in [6.45, 7) is 0.170. The van der Waals surface area contributed by atoms with Crippen LogP contribution in [0.5, 0.6) is 28.7 Å². The minimum atomic E-state index is -0.445. The van der Waals surface area contributed by atoms with Crippen molar-refractivity contribution in [1.82, 2.24) is 0 Å². The molecule has 0 fully saturated rings. The van der Waals surface area contributed by atoms with Crippen LogP contribution in [0.25, 0.3) is 6.08 Å². The van der Waals surface area contributed by atoms with Gasteiger partial charge in [-0.25, -0.2) is 0 Å². The van der Waals surface area contributed by atoms with Crippen LogP contribution < -0.4 is 14.2 Å². The zero-order chi connectivity index (χ0) is 15.3. The second kappa shape index (κ2) is 4.42. The number of Topliss-reactive ketones (excluding diaryl/α,β-unsaturated/α-hetero) is 1. The highest BCUT2D eigenvalue weighted by molar-refractivity contribution is 6.15. The van der Waals surface area contributed by atoms with Crippen LogP contribution in [-0.2, 0) is 0 Å². The van der Waals surface area contributed by atoms with Gasteiger partial charge in [-0.05, 0) is 35.9 Å². The van der Waals surface area contributed by atoms with Gasteiger partial charge in [-0.1, -0.05) is 6.07 Å². The van der Waals surface area contributed by atoms with Crippen LogP contribution in [0, 0.1) is 0 Å². The molecule has 2 aliphatic heterocycles. The molecular weight excluding hydrogens is 288 g/mol. The highest BCUT2D eigenvalue weighted by atomic mass is 16.7. The van der Waals surface area contributed by atoms with Gasteiger partial charge in [0.25, 0.3) is 0 Å². The van der Waals surface area contributed by atoms with Gasteiger partial charge in [0.1, 0.15) is 0 Å². The first-order chi connectivity index (χ1) is 10.6. The van der Waals surface area contributed by atoms with Gasteiger partial charge in [0.15, 0.2) is 28.8 Å². The Balaban J connectivity index is 1.73. The first-order valence-electron chi connectivity index (χ1n) is 6.52. The van der Waals surface area contributed by atoms with Crippen molar-refractivity contribution in [3.63, 3.8) is 0 Å². The molecular formula is C16H10O6. The van der Waals surface area contributed by atoms with Gasteiger partial charge in [0, 0.05) is 0 Å². The normalized spacial score (nSPS) is 16.7. The summed E-state index contributed by atoms with van der Waals surface area (Å²) in [6.07, 6.45) is 1.54. The number of hydrogen-bond acceptors (Lipinski definition) is 6. The van der Waals surface area contributed by atoms with Gasteiger partial charge in [-0.15, -0.1) is 0 Å². The van der Waals surface area contributed by atoms with Gasteiger partial charge in [-0.2, -0.15) is 0 Å². The molecule has 0 saturated heterocycles. The summed E-state index contributed by atoms with van der Waals surface area (Å²) < 4.78 is 15.9. The number of ketones is 1. The number of rotatable bonds is 1. The Morgan fingerprint density at radius 1 is 1.05 bits per heavy atom. The van der Waals surface area contributed by atoms with Gasteiger partial charge in [-0.3, -0.25) is 4.79 Å². The molecule has 0 amide bonds. The van der Waals surface area contributed by atoms with Crippen LogP contribution in [-0.4, -0.2) is 22.8 Å². The molecule has 2 aromatic carbocycles. The number of aromatic hydroxyl groups is 2. The summed E-state index contributed by atoms with van der Waals surface area (Å²) in [4.78, 5) is 12.3. The molecule has 22 heavy (non-hydrogen) atoms. The highest BCUT2D eigenvalue weighted by Gasteiger charge is 2.31. The van der Waals surface area contributed by atoms with Gasteiger partial charge in [0.05, 0.1) is 5.56 Å². The molecule has 0 radical (unpaired) electrons. The second-order valence-electron chi connectivity index (χ2n) is 4.86. The topological polar surface area (TPSA) is 85.2 Å². The minimum Gasteiger partial charge on any atom is -0.504 e. The van der Waals surface area contributed by atoms with E-state index in [1.807, 2.05) is 0 Å². The Bertz CT molecular complexity index is 837. The maximum absolute atomic E-state index is 12.3. The summed E-state index contributed by atoms with van der Waals surface area (Å²) in [5.74, 6) is 0.134. The lowest BCUT2D eigenvalue weighted by Crippen LogP contribution is -1.97. The van der Waals surface area contributed by atoms with Crippen LogP contribution in [0.4, 0.5) is 0 Å². The van der Waals surface area contributed by atoms with E-state index in [9.17, 15) is 15.0 Å². The maximum Gasteiger partial charge on any atom is 0.232 e. The molecule has 6 nitrogen and oxygen atoms in total. The van der Waals surface area contributed by atoms with Gasteiger partial charge in [0.2, 0.25) is 18.3 Å². The molecule has 0 atom stereocenters. The van der Waals surface area contributed by atoms with Crippen molar-refractivity contribution >= 4 is 11.9 Å². The minimum absolute atomic E-state index is 0.0306. The Kier molecular flexibility index (Phi) is 2.53. The van der Waals surface area contributed by atoms with Crippen LogP contribution in [0.3, 0.4) is 0 Å². The van der Waals surface area contributed by atoms with E-state index < -0.39 is 5.75 Å². The van der Waals surface area contributed by atoms with E-state index in [2.05, 4.69) is 0 Å². The van der Waals surface area contributed by atoms with Crippen molar-refractivity contribution in [3.05, 3.63) is 47.2 Å². The average molecular weight is 298 g/mol. The monoisotopic (exact) mass is 298 g/mol. The molecule has 0 spiro atoms. The molecule has 0 saturated carbocycles. The van der Waals surface area contributed by atoms with Crippen LogP contribution in [0.15, 0.2) is 36.1 Å². The lowest BCUT2D eigenvalue weighted by atomic mass is 10.1. The fourth-order valence-corrected chi connectivity index (χ4v) is 2.38. The lowest BCUT2D eigenvalue weighted by molar-refractivity contribution is 0.101. The summed E-state index contributed by atoms with van der Waals surface area (Å²) in [6, 6.07) is 7.89. The summed E-state index contributed by atoms with van der Waals surface area (Å²) in [5, 5.41) is 19.2. The van der Waals surface area contributed by atoms with Crippen molar-refractivity contribution in [3.8, 4) is 28.7 Å². The van der Waals surface area contributed by atoms with Crippen LogP contribution in [0.2, 0.25) is 0 Å². The van der Waals surface area contributed by atoms with E-state index in [4.69, 9.17) is 14.2 Å². The number of carbonyl (C=O) groups is 1. The Morgan fingerprint density at radius 3 is 2.73 bits per heavy atom. The molecule has 4 rings (SSSR count). The number of fused-ring (bicyclic) bond motifs is 2. The zero-order valence-electron chi connectivity index (χ0n) is 11.2. The smallest absolute Gasteiger partial charge is 0.232 e. The number of hydrogen-bond donors (Lipinski definition) is 2. The number of phenolic OH excluding ortho intramolecular Hbond substituents is 2. The molecule has 110 valence electrons. The standard InChI is InChI=1S/C16H10O6/c17-10-3-2-9-14(18)13(22-16(9)15(10)19)6-8-1-4-11-12(5-8)21-7-20-11/h1-6,17,19H,7H2. The first kappa shape index (κ1) is 12.6. The molecule has 2 aromatic rings. The number of phenols is 2. The highest BCUT2D eigenvalue weighted by Crippen LogP contribution is 2.44. The van der Waals surface area contributed by atoms with Crippen LogP contribution >= 0.6 is 0 Å². The molecule has 0 aliphatic carbocycles. The van der Waals surface area contributed by atoms with E-state index in [-0.39, 0.29) is 35.4 Å². The molecule has 0 bridgehead atoms. The summed E-state index contributed by atoms with van der Waals surface area (Å²) in [5.41, 5.74) is 0.909. The number of ether oxygens (including phenoxy) is 3. The number of allylic oxidation sites excluding steroid dienone is 1. The molecule has 0 unspecified atom stereocenters. The van der Waals surface area contributed by atoms with E-state index in [0.29, 0.717) is 17.1 Å². The SMILES string of the molecule is O=C1C(=Cc2ccc3c(c2)OCO3)Oc2c1ccc(O)c2O. The average Bonchev–Trinajstić information content (AvgIpc) is 3.09. The largest absolute Gasteiger partial charge is 0.504 e. The summed E-state index contributed by atoms with van der Waals surface area (Å²) in [7, 11) is 0. The first-order valence-corrected chi connectivity index (χ1v) is 6.52. The Hall–Kier alpha value is -3.15. The van der Waals surface area contributed by atoms with Gasteiger partial charge < -0.3 is 24.4 Å². The van der Waals surface area contributed by atoms with Crippen molar-refractivity contribution in [2.75, 3.05) is 6.79 Å². The Labute approximate surface area is 124 Å². The lowest BCUT2D eigenvalue weighted by Gasteiger charge is -2.02. The molecule has 2 N–H and O–H groups in total.